The van der Waals surface area contributed by atoms with Crippen LogP contribution in [0.3, 0.4) is 0 Å². The quantitative estimate of drug-likeness (QED) is 0.241. The second-order valence-electron chi connectivity index (χ2n) is 12.5. The van der Waals surface area contributed by atoms with E-state index in [0.29, 0.717) is 25.5 Å². The van der Waals surface area contributed by atoms with Gasteiger partial charge in [-0.05, 0) is 68.8 Å². The van der Waals surface area contributed by atoms with Gasteiger partial charge in [-0.25, -0.2) is 4.79 Å². The SMILES string of the molecule is COCCCOc1cc(CN(C(=O)[C@H]2CN(C(=O)OC(C)(C)C)C[C@@H](COc3ccccc3)O2)C2CC2)cc2ccccc12. The maximum absolute atomic E-state index is 14.2. The van der Waals surface area contributed by atoms with Crippen molar-refractivity contribution in [3.8, 4) is 11.5 Å². The lowest BCUT2D eigenvalue weighted by Gasteiger charge is -2.39. The molecule has 2 aliphatic rings. The Labute approximate surface area is 260 Å². The van der Waals surface area contributed by atoms with E-state index in [1.54, 1.807) is 12.0 Å². The molecule has 3 aromatic carbocycles. The first-order valence-corrected chi connectivity index (χ1v) is 15.5. The molecule has 1 heterocycles. The van der Waals surface area contributed by atoms with Crippen LogP contribution in [0, 0.1) is 0 Å². The number of hydrogen-bond acceptors (Lipinski definition) is 7. The maximum Gasteiger partial charge on any atom is 0.410 e. The highest BCUT2D eigenvalue weighted by Gasteiger charge is 2.42. The van der Waals surface area contributed by atoms with Gasteiger partial charge in [0.15, 0.2) is 6.10 Å². The van der Waals surface area contributed by atoms with E-state index in [1.807, 2.05) is 80.3 Å². The second-order valence-corrected chi connectivity index (χ2v) is 12.5. The van der Waals surface area contributed by atoms with Gasteiger partial charge in [0.05, 0.1) is 19.7 Å². The van der Waals surface area contributed by atoms with Gasteiger partial charge in [-0.2, -0.15) is 0 Å². The van der Waals surface area contributed by atoms with Crippen LogP contribution in [0.4, 0.5) is 4.79 Å². The van der Waals surface area contributed by atoms with Gasteiger partial charge >= 0.3 is 6.09 Å². The van der Waals surface area contributed by atoms with Crippen LogP contribution in [0.1, 0.15) is 45.6 Å². The number of para-hydroxylation sites is 1. The van der Waals surface area contributed by atoms with Crippen molar-refractivity contribution >= 4 is 22.8 Å². The van der Waals surface area contributed by atoms with E-state index >= 15 is 0 Å². The molecular weight excluding hydrogens is 560 g/mol. The van der Waals surface area contributed by atoms with Gasteiger partial charge in [-0.15, -0.1) is 0 Å². The van der Waals surface area contributed by atoms with Crippen molar-refractivity contribution in [2.24, 2.45) is 0 Å². The van der Waals surface area contributed by atoms with E-state index in [1.165, 1.54) is 0 Å². The molecule has 9 nitrogen and oxygen atoms in total. The van der Waals surface area contributed by atoms with Gasteiger partial charge in [-0.3, -0.25) is 4.79 Å². The third kappa shape index (κ3) is 8.64. The molecule has 0 radical (unpaired) electrons. The van der Waals surface area contributed by atoms with Gasteiger partial charge in [0.2, 0.25) is 0 Å². The number of fused-ring (bicyclic) bond motifs is 1. The summed E-state index contributed by atoms with van der Waals surface area (Å²) in [6, 6.07) is 21.8. The van der Waals surface area contributed by atoms with Crippen LogP contribution in [0.25, 0.3) is 10.8 Å². The number of methoxy groups -OCH3 is 1. The molecule has 0 unspecified atom stereocenters. The Hall–Kier alpha value is -3.82. The van der Waals surface area contributed by atoms with Crippen molar-refractivity contribution in [2.75, 3.05) is 40.0 Å². The summed E-state index contributed by atoms with van der Waals surface area (Å²) in [6.45, 7) is 7.66. The average molecular weight is 605 g/mol. The largest absolute Gasteiger partial charge is 0.493 e. The zero-order valence-corrected chi connectivity index (χ0v) is 26.2. The van der Waals surface area contributed by atoms with Crippen LogP contribution in [-0.2, 0) is 25.5 Å². The lowest BCUT2D eigenvalue weighted by atomic mass is 10.0. The summed E-state index contributed by atoms with van der Waals surface area (Å²) in [5.74, 6) is 1.35. The van der Waals surface area contributed by atoms with Gasteiger partial charge in [-0.1, -0.05) is 42.5 Å². The summed E-state index contributed by atoms with van der Waals surface area (Å²) in [4.78, 5) is 30.8. The number of morpholine rings is 1. The fourth-order valence-corrected chi connectivity index (χ4v) is 5.33. The molecule has 44 heavy (non-hydrogen) atoms. The van der Waals surface area contributed by atoms with Crippen molar-refractivity contribution in [1.29, 1.82) is 0 Å². The first-order chi connectivity index (χ1) is 21.2. The molecule has 1 aliphatic carbocycles. The maximum atomic E-state index is 14.2. The number of hydrogen-bond donors (Lipinski definition) is 0. The fourth-order valence-electron chi connectivity index (χ4n) is 5.33. The molecule has 9 heteroatoms. The Morgan fingerprint density at radius 1 is 0.955 bits per heavy atom. The van der Waals surface area contributed by atoms with E-state index in [4.69, 9.17) is 23.7 Å². The first-order valence-electron chi connectivity index (χ1n) is 15.5. The first kappa shape index (κ1) is 31.6. The molecule has 2 atom stereocenters. The predicted octanol–water partition coefficient (Wildman–Crippen LogP) is 5.83. The Morgan fingerprint density at radius 3 is 2.43 bits per heavy atom. The lowest BCUT2D eigenvalue weighted by molar-refractivity contribution is -0.160. The van der Waals surface area contributed by atoms with Crippen LogP contribution in [-0.4, -0.2) is 85.7 Å². The lowest BCUT2D eigenvalue weighted by Crippen LogP contribution is -2.57. The number of carbonyl (C=O) groups is 2. The highest BCUT2D eigenvalue weighted by atomic mass is 16.6. The predicted molar refractivity (Wildman–Crippen MR) is 168 cm³/mol. The molecule has 0 N–H and O–H groups in total. The molecule has 3 aromatic rings. The number of nitrogens with zero attached hydrogens (tertiary/aromatic N) is 2. The Balaban J connectivity index is 1.35. The zero-order chi connectivity index (χ0) is 31.1. The van der Waals surface area contributed by atoms with Crippen LogP contribution >= 0.6 is 0 Å². The highest BCUT2D eigenvalue weighted by molar-refractivity contribution is 5.89. The molecular formula is C35H44N2O7. The Morgan fingerprint density at radius 2 is 1.70 bits per heavy atom. The van der Waals surface area contributed by atoms with Crippen molar-refractivity contribution in [3.63, 3.8) is 0 Å². The number of ether oxygens (including phenoxy) is 5. The third-order valence-electron chi connectivity index (χ3n) is 7.53. The molecule has 1 saturated carbocycles. The van der Waals surface area contributed by atoms with E-state index in [0.717, 1.165) is 41.3 Å². The summed E-state index contributed by atoms with van der Waals surface area (Å²) in [6.07, 6.45) is 0.840. The third-order valence-corrected chi connectivity index (χ3v) is 7.53. The van der Waals surface area contributed by atoms with Crippen LogP contribution < -0.4 is 9.47 Å². The van der Waals surface area contributed by atoms with Crippen molar-refractivity contribution < 1.29 is 33.3 Å². The number of rotatable bonds is 12. The molecule has 1 saturated heterocycles. The molecule has 2 fully saturated rings. The molecule has 2 amide bonds. The van der Waals surface area contributed by atoms with Gasteiger partial charge < -0.3 is 33.5 Å². The Bertz CT molecular complexity index is 1400. The molecule has 0 spiro atoms. The topological polar surface area (TPSA) is 86.8 Å². The molecule has 1 aliphatic heterocycles. The van der Waals surface area contributed by atoms with E-state index in [9.17, 15) is 9.59 Å². The number of amides is 2. The molecule has 0 aromatic heterocycles. The number of benzene rings is 3. The average Bonchev–Trinajstić information content (AvgIpc) is 3.86. The van der Waals surface area contributed by atoms with E-state index in [2.05, 4.69) is 12.1 Å². The van der Waals surface area contributed by atoms with E-state index in [-0.39, 0.29) is 31.6 Å². The minimum atomic E-state index is -0.841. The fraction of sp³-hybridized carbons (Fsp3) is 0.486. The van der Waals surface area contributed by atoms with Gasteiger partial charge in [0.25, 0.3) is 5.91 Å². The summed E-state index contributed by atoms with van der Waals surface area (Å²) in [5, 5.41) is 2.08. The van der Waals surface area contributed by atoms with Gasteiger partial charge in [0.1, 0.15) is 29.8 Å². The number of carbonyl (C=O) groups excluding carboxylic acids is 2. The zero-order valence-electron chi connectivity index (χ0n) is 26.2. The summed E-state index contributed by atoms with van der Waals surface area (Å²) < 4.78 is 29.3. The van der Waals surface area contributed by atoms with Crippen molar-refractivity contribution in [1.82, 2.24) is 9.80 Å². The van der Waals surface area contributed by atoms with Crippen molar-refractivity contribution in [2.45, 2.75) is 70.4 Å². The molecule has 236 valence electrons. The summed E-state index contributed by atoms with van der Waals surface area (Å²) in [5.41, 5.74) is 0.319. The summed E-state index contributed by atoms with van der Waals surface area (Å²) >= 11 is 0. The monoisotopic (exact) mass is 604 g/mol. The molecule has 5 rings (SSSR count). The standard InChI is InChI=1S/C35H44N2O7/c1-35(2,3)44-34(39)36-22-29(24-42-28-12-6-5-7-13-28)43-32(23-36)33(38)37(27-15-16-27)21-25-19-26-11-8-9-14-30(26)31(20-25)41-18-10-17-40-4/h5-9,11-14,19-20,27,29,32H,10,15-18,21-24H2,1-4H3/t29-,32+/m0/s1. The second kappa shape index (κ2) is 14.3. The minimum Gasteiger partial charge on any atom is -0.493 e. The van der Waals surface area contributed by atoms with Crippen LogP contribution in [0.15, 0.2) is 66.7 Å². The van der Waals surface area contributed by atoms with Crippen LogP contribution in [0.2, 0.25) is 0 Å². The summed E-state index contributed by atoms with van der Waals surface area (Å²) in [7, 11) is 1.68. The van der Waals surface area contributed by atoms with Gasteiger partial charge in [0, 0.05) is 38.1 Å². The van der Waals surface area contributed by atoms with Crippen molar-refractivity contribution in [3.05, 3.63) is 72.3 Å². The Kier molecular flexibility index (Phi) is 10.3. The highest BCUT2D eigenvalue weighted by Crippen LogP contribution is 2.33. The van der Waals surface area contributed by atoms with Crippen LogP contribution in [0.5, 0.6) is 11.5 Å². The minimum absolute atomic E-state index is 0.115. The smallest absolute Gasteiger partial charge is 0.410 e. The van der Waals surface area contributed by atoms with E-state index < -0.39 is 23.9 Å². The molecule has 0 bridgehead atoms. The normalized spacial score (nSPS) is 18.6.